The Labute approximate surface area is 184 Å². The van der Waals surface area contributed by atoms with E-state index in [1.807, 2.05) is 13.0 Å². The van der Waals surface area contributed by atoms with Gasteiger partial charge in [-0.25, -0.2) is 9.37 Å². The van der Waals surface area contributed by atoms with Crippen LogP contribution >= 0.6 is 0 Å². The van der Waals surface area contributed by atoms with Gasteiger partial charge in [-0.15, -0.1) is 0 Å². The van der Waals surface area contributed by atoms with E-state index < -0.39 is 5.82 Å². The van der Waals surface area contributed by atoms with Gasteiger partial charge in [0.25, 0.3) is 5.56 Å². The summed E-state index contributed by atoms with van der Waals surface area (Å²) in [7, 11) is 0. The van der Waals surface area contributed by atoms with Crippen LogP contribution in [0.2, 0.25) is 0 Å². The van der Waals surface area contributed by atoms with Gasteiger partial charge in [0.15, 0.2) is 0 Å². The van der Waals surface area contributed by atoms with Crippen LogP contribution in [0.5, 0.6) is 5.75 Å². The van der Waals surface area contributed by atoms with Crippen LogP contribution in [0.15, 0.2) is 71.5 Å². The van der Waals surface area contributed by atoms with Crippen molar-refractivity contribution < 1.29 is 13.9 Å². The van der Waals surface area contributed by atoms with Gasteiger partial charge in [0, 0.05) is 0 Å². The van der Waals surface area contributed by atoms with E-state index in [2.05, 4.69) is 10.3 Å². The summed E-state index contributed by atoms with van der Waals surface area (Å²) >= 11 is 0. The molecule has 7 heteroatoms. The van der Waals surface area contributed by atoms with E-state index in [0.717, 1.165) is 11.3 Å². The molecule has 0 aliphatic heterocycles. The third-order valence-electron chi connectivity index (χ3n) is 5.02. The summed E-state index contributed by atoms with van der Waals surface area (Å²) in [5.41, 5.74) is 1.53. The average Bonchev–Trinajstić information content (AvgIpc) is 2.77. The molecular weight excluding hydrogens is 409 g/mol. The van der Waals surface area contributed by atoms with Crippen molar-refractivity contribution in [2.75, 3.05) is 11.9 Å². The average molecular weight is 431 g/mol. The van der Waals surface area contributed by atoms with E-state index in [-0.39, 0.29) is 23.6 Å². The number of fused-ring (bicyclic) bond motifs is 1. The van der Waals surface area contributed by atoms with Crippen LogP contribution in [-0.2, 0) is 11.2 Å². The van der Waals surface area contributed by atoms with Crippen molar-refractivity contribution in [3.05, 3.63) is 94.3 Å². The largest absolute Gasteiger partial charge is 0.494 e. The molecule has 0 fully saturated rings. The number of anilines is 1. The molecule has 0 spiro atoms. The fourth-order valence-corrected chi connectivity index (χ4v) is 3.55. The first-order valence-corrected chi connectivity index (χ1v) is 10.3. The molecule has 1 heterocycles. The van der Waals surface area contributed by atoms with Crippen molar-refractivity contribution in [3.8, 4) is 11.4 Å². The maximum Gasteiger partial charge on any atom is 0.265 e. The molecule has 0 bridgehead atoms. The Morgan fingerprint density at radius 3 is 2.59 bits per heavy atom. The molecule has 0 aliphatic carbocycles. The molecule has 0 aliphatic rings. The Kier molecular flexibility index (Phi) is 5.98. The van der Waals surface area contributed by atoms with E-state index >= 15 is 0 Å². The van der Waals surface area contributed by atoms with Crippen molar-refractivity contribution >= 4 is 22.5 Å². The summed E-state index contributed by atoms with van der Waals surface area (Å²) in [6.07, 6.45) is 0.0760. The van der Waals surface area contributed by atoms with Gasteiger partial charge in [-0.3, -0.25) is 14.2 Å². The summed E-state index contributed by atoms with van der Waals surface area (Å²) < 4.78 is 21.2. The first-order chi connectivity index (χ1) is 15.5. The number of carbonyl (C=O) groups excluding carboxylic acids is 1. The molecule has 1 N–H and O–H groups in total. The highest BCUT2D eigenvalue weighted by Gasteiger charge is 2.14. The molecule has 0 atom stereocenters. The lowest BCUT2D eigenvalue weighted by Crippen LogP contribution is -2.23. The molecule has 0 saturated heterocycles. The second-order valence-corrected chi connectivity index (χ2v) is 7.28. The number of nitrogens with zero attached hydrogens (tertiary/aromatic N) is 2. The maximum atomic E-state index is 14.4. The fourth-order valence-electron chi connectivity index (χ4n) is 3.55. The van der Waals surface area contributed by atoms with Crippen LogP contribution in [0, 0.1) is 12.7 Å². The van der Waals surface area contributed by atoms with Gasteiger partial charge < -0.3 is 10.1 Å². The first kappa shape index (κ1) is 21.2. The lowest BCUT2D eigenvalue weighted by molar-refractivity contribution is -0.115. The van der Waals surface area contributed by atoms with E-state index in [0.29, 0.717) is 29.0 Å². The Bertz CT molecular complexity index is 1350. The van der Waals surface area contributed by atoms with Crippen LogP contribution in [0.3, 0.4) is 0 Å². The van der Waals surface area contributed by atoms with E-state index in [1.165, 1.54) is 22.8 Å². The Morgan fingerprint density at radius 1 is 1.09 bits per heavy atom. The number of halogens is 1. The number of amides is 1. The predicted octanol–water partition coefficient (Wildman–Crippen LogP) is 4.41. The van der Waals surface area contributed by atoms with Crippen molar-refractivity contribution in [2.45, 2.75) is 20.3 Å². The highest BCUT2D eigenvalue weighted by molar-refractivity contribution is 5.92. The minimum atomic E-state index is -0.590. The molecule has 0 radical (unpaired) electrons. The normalized spacial score (nSPS) is 10.8. The van der Waals surface area contributed by atoms with E-state index in [1.54, 1.807) is 49.4 Å². The number of aromatic nitrogens is 2. The van der Waals surface area contributed by atoms with Gasteiger partial charge in [-0.1, -0.05) is 24.3 Å². The number of carbonyl (C=O) groups is 1. The molecule has 1 aromatic heterocycles. The molecular formula is C25H22FN3O3. The summed E-state index contributed by atoms with van der Waals surface area (Å²) in [4.78, 5) is 30.0. The number of rotatable bonds is 6. The number of para-hydroxylation sites is 1. The fraction of sp³-hybridized carbons (Fsp3) is 0.160. The van der Waals surface area contributed by atoms with Crippen LogP contribution in [0.4, 0.5) is 10.1 Å². The Balaban J connectivity index is 1.60. The zero-order valence-corrected chi connectivity index (χ0v) is 17.8. The minimum absolute atomic E-state index is 0.00195. The molecule has 1 amide bonds. The van der Waals surface area contributed by atoms with Gasteiger partial charge in [0.2, 0.25) is 5.91 Å². The second-order valence-electron chi connectivity index (χ2n) is 7.28. The highest BCUT2D eigenvalue weighted by atomic mass is 19.1. The summed E-state index contributed by atoms with van der Waals surface area (Å²) in [5.74, 6) is 0.228. The SMILES string of the molecule is CCOc1ccc(CC(=O)Nc2cc(-n3c(C)nc4ccccc4c3=O)ccc2F)cc1. The highest BCUT2D eigenvalue weighted by Crippen LogP contribution is 2.21. The molecule has 0 saturated carbocycles. The molecule has 4 aromatic rings. The maximum absolute atomic E-state index is 14.4. The topological polar surface area (TPSA) is 73.2 Å². The number of hydrogen-bond acceptors (Lipinski definition) is 4. The smallest absolute Gasteiger partial charge is 0.265 e. The molecule has 3 aromatic carbocycles. The zero-order valence-electron chi connectivity index (χ0n) is 17.8. The summed E-state index contributed by atoms with van der Waals surface area (Å²) in [5, 5.41) is 3.07. The molecule has 162 valence electrons. The third kappa shape index (κ3) is 4.37. The van der Waals surface area contributed by atoms with Gasteiger partial charge in [0.05, 0.1) is 35.3 Å². The number of aryl methyl sites for hydroxylation is 1. The molecule has 32 heavy (non-hydrogen) atoms. The Morgan fingerprint density at radius 2 is 1.84 bits per heavy atom. The number of ether oxygens (including phenoxy) is 1. The van der Waals surface area contributed by atoms with Crippen LogP contribution in [0.1, 0.15) is 18.3 Å². The van der Waals surface area contributed by atoms with Gasteiger partial charge in [-0.05, 0) is 61.9 Å². The minimum Gasteiger partial charge on any atom is -0.494 e. The third-order valence-corrected chi connectivity index (χ3v) is 5.02. The second kappa shape index (κ2) is 9.01. The van der Waals surface area contributed by atoms with Gasteiger partial charge in [0.1, 0.15) is 17.4 Å². The lowest BCUT2D eigenvalue weighted by Gasteiger charge is -2.13. The predicted molar refractivity (Wildman–Crippen MR) is 122 cm³/mol. The number of nitrogens with one attached hydrogen (secondary N) is 1. The van der Waals surface area contributed by atoms with Gasteiger partial charge in [-0.2, -0.15) is 0 Å². The summed E-state index contributed by atoms with van der Waals surface area (Å²) in [6, 6.07) is 18.4. The number of hydrogen-bond donors (Lipinski definition) is 1. The molecule has 4 rings (SSSR count). The standard InChI is InChI=1S/C25H22FN3O3/c1-3-32-19-11-8-17(9-12-19)14-24(30)28-23-15-18(10-13-21(23)26)29-16(2)27-22-7-5-4-6-20(22)25(29)31/h4-13,15H,3,14H2,1-2H3,(H,28,30). The Hall–Kier alpha value is -4.00. The van der Waals surface area contributed by atoms with E-state index in [9.17, 15) is 14.0 Å². The summed E-state index contributed by atoms with van der Waals surface area (Å²) in [6.45, 7) is 4.17. The molecule has 0 unspecified atom stereocenters. The quantitative estimate of drug-likeness (QED) is 0.491. The van der Waals surface area contributed by atoms with Crippen molar-refractivity contribution in [1.29, 1.82) is 0 Å². The first-order valence-electron chi connectivity index (χ1n) is 10.3. The van der Waals surface area contributed by atoms with Crippen molar-refractivity contribution in [2.24, 2.45) is 0 Å². The van der Waals surface area contributed by atoms with Crippen LogP contribution in [0.25, 0.3) is 16.6 Å². The van der Waals surface area contributed by atoms with Crippen molar-refractivity contribution in [3.63, 3.8) is 0 Å². The lowest BCUT2D eigenvalue weighted by atomic mass is 10.1. The number of benzene rings is 3. The van der Waals surface area contributed by atoms with Crippen LogP contribution < -0.4 is 15.6 Å². The van der Waals surface area contributed by atoms with Crippen molar-refractivity contribution in [1.82, 2.24) is 9.55 Å². The van der Waals surface area contributed by atoms with Gasteiger partial charge >= 0.3 is 0 Å². The zero-order chi connectivity index (χ0) is 22.7. The monoisotopic (exact) mass is 431 g/mol. The van der Waals surface area contributed by atoms with Crippen LogP contribution in [-0.4, -0.2) is 22.1 Å². The van der Waals surface area contributed by atoms with E-state index in [4.69, 9.17) is 4.74 Å². The molecule has 6 nitrogen and oxygen atoms in total.